The van der Waals surface area contributed by atoms with Crippen molar-refractivity contribution >= 4 is 22.5 Å². The van der Waals surface area contributed by atoms with Crippen molar-refractivity contribution in [3.05, 3.63) is 34.5 Å². The molecule has 1 aromatic heterocycles. The first kappa shape index (κ1) is 10.5. The third kappa shape index (κ3) is 1.54. The molecule has 0 saturated heterocycles. The quantitative estimate of drug-likeness (QED) is 0.832. The molecule has 1 heterocycles. The zero-order chi connectivity index (χ0) is 11.0. The van der Waals surface area contributed by atoms with E-state index in [2.05, 4.69) is 23.6 Å². The minimum Gasteiger partial charge on any atom is -0.346 e. The Kier molecular flexibility index (Phi) is 2.72. The average Bonchev–Trinajstić information content (AvgIpc) is 2.45. The second-order valence-electron chi connectivity index (χ2n) is 3.83. The van der Waals surface area contributed by atoms with Gasteiger partial charge in [0.2, 0.25) is 0 Å². The Morgan fingerprint density at radius 3 is 2.73 bits per heavy atom. The molecule has 0 fully saturated rings. The van der Waals surface area contributed by atoms with Gasteiger partial charge in [0.15, 0.2) is 0 Å². The maximum atomic E-state index is 6.34. The SMILES string of the molecule is Cc1cccc2c(Cl)c(CCN)n(C)c12. The molecule has 15 heavy (non-hydrogen) atoms. The highest BCUT2D eigenvalue weighted by atomic mass is 35.5. The Bertz CT molecular complexity index is 500. The third-order valence-electron chi connectivity index (χ3n) is 2.85. The molecule has 80 valence electrons. The number of nitrogens with zero attached hydrogens (tertiary/aromatic N) is 1. The fourth-order valence-corrected chi connectivity index (χ4v) is 2.51. The van der Waals surface area contributed by atoms with Crippen molar-refractivity contribution in [1.29, 1.82) is 0 Å². The minimum absolute atomic E-state index is 0.628. The largest absolute Gasteiger partial charge is 0.346 e. The Morgan fingerprint density at radius 1 is 1.40 bits per heavy atom. The van der Waals surface area contributed by atoms with Crippen molar-refractivity contribution in [2.75, 3.05) is 6.54 Å². The molecule has 0 unspecified atom stereocenters. The summed E-state index contributed by atoms with van der Waals surface area (Å²) in [5, 5.41) is 1.98. The van der Waals surface area contributed by atoms with Crippen LogP contribution < -0.4 is 5.73 Å². The molecule has 0 aliphatic heterocycles. The molecule has 0 bridgehead atoms. The van der Waals surface area contributed by atoms with Crippen LogP contribution in [0.15, 0.2) is 18.2 Å². The summed E-state index contributed by atoms with van der Waals surface area (Å²) in [6, 6.07) is 6.20. The smallest absolute Gasteiger partial charge is 0.0694 e. The molecular formula is C12H15ClN2. The first-order valence-corrected chi connectivity index (χ1v) is 5.47. The van der Waals surface area contributed by atoms with E-state index < -0.39 is 0 Å². The maximum Gasteiger partial charge on any atom is 0.0694 e. The highest BCUT2D eigenvalue weighted by Crippen LogP contribution is 2.31. The van der Waals surface area contributed by atoms with E-state index in [9.17, 15) is 0 Å². The first-order valence-electron chi connectivity index (χ1n) is 5.09. The van der Waals surface area contributed by atoms with E-state index in [-0.39, 0.29) is 0 Å². The van der Waals surface area contributed by atoms with Gasteiger partial charge in [0.05, 0.1) is 10.5 Å². The molecule has 0 atom stereocenters. The van der Waals surface area contributed by atoms with E-state index in [0.717, 1.165) is 22.5 Å². The highest BCUT2D eigenvalue weighted by Gasteiger charge is 2.13. The lowest BCUT2D eigenvalue weighted by Crippen LogP contribution is -2.07. The molecule has 0 spiro atoms. The average molecular weight is 223 g/mol. The first-order chi connectivity index (χ1) is 7.16. The minimum atomic E-state index is 0.628. The molecule has 0 radical (unpaired) electrons. The van der Waals surface area contributed by atoms with Gasteiger partial charge in [0, 0.05) is 24.5 Å². The number of rotatable bonds is 2. The lowest BCUT2D eigenvalue weighted by molar-refractivity contribution is 0.826. The van der Waals surface area contributed by atoms with Crippen LogP contribution in [0.2, 0.25) is 5.02 Å². The van der Waals surface area contributed by atoms with E-state index in [0.29, 0.717) is 6.54 Å². The number of nitrogens with two attached hydrogens (primary N) is 1. The van der Waals surface area contributed by atoms with Gasteiger partial charge < -0.3 is 10.3 Å². The van der Waals surface area contributed by atoms with E-state index in [1.165, 1.54) is 11.1 Å². The van der Waals surface area contributed by atoms with Crippen LogP contribution in [0.4, 0.5) is 0 Å². The van der Waals surface area contributed by atoms with E-state index in [4.69, 9.17) is 17.3 Å². The Labute approximate surface area is 94.6 Å². The number of benzene rings is 1. The molecule has 0 saturated carbocycles. The monoisotopic (exact) mass is 222 g/mol. The van der Waals surface area contributed by atoms with Crippen LogP contribution in [0.25, 0.3) is 10.9 Å². The molecule has 3 heteroatoms. The van der Waals surface area contributed by atoms with Gasteiger partial charge in [-0.1, -0.05) is 29.8 Å². The number of halogens is 1. The van der Waals surface area contributed by atoms with Gasteiger partial charge in [-0.15, -0.1) is 0 Å². The molecular weight excluding hydrogens is 208 g/mol. The summed E-state index contributed by atoms with van der Waals surface area (Å²) >= 11 is 6.34. The third-order valence-corrected chi connectivity index (χ3v) is 3.27. The number of para-hydroxylation sites is 1. The summed E-state index contributed by atoms with van der Waals surface area (Å²) in [6.45, 7) is 2.73. The number of aryl methyl sites for hydroxylation is 2. The van der Waals surface area contributed by atoms with Crippen LogP contribution in [-0.2, 0) is 13.5 Å². The topological polar surface area (TPSA) is 30.9 Å². The molecule has 0 amide bonds. The number of hydrogen-bond donors (Lipinski definition) is 1. The molecule has 2 rings (SSSR count). The summed E-state index contributed by atoms with van der Waals surface area (Å²) in [5.74, 6) is 0. The van der Waals surface area contributed by atoms with Gasteiger partial charge in [-0.3, -0.25) is 0 Å². The summed E-state index contributed by atoms with van der Waals surface area (Å²) < 4.78 is 2.15. The van der Waals surface area contributed by atoms with Crippen molar-refractivity contribution in [2.24, 2.45) is 12.8 Å². The van der Waals surface area contributed by atoms with Gasteiger partial charge >= 0.3 is 0 Å². The normalized spacial score (nSPS) is 11.2. The summed E-state index contributed by atoms with van der Waals surface area (Å²) in [7, 11) is 2.05. The van der Waals surface area contributed by atoms with Crippen molar-refractivity contribution < 1.29 is 0 Å². The maximum absolute atomic E-state index is 6.34. The zero-order valence-electron chi connectivity index (χ0n) is 9.05. The van der Waals surface area contributed by atoms with Crippen molar-refractivity contribution in [2.45, 2.75) is 13.3 Å². The molecule has 2 N–H and O–H groups in total. The summed E-state index contributed by atoms with van der Waals surface area (Å²) in [5.41, 5.74) is 9.18. The second-order valence-corrected chi connectivity index (χ2v) is 4.21. The van der Waals surface area contributed by atoms with Gasteiger partial charge in [-0.2, -0.15) is 0 Å². The van der Waals surface area contributed by atoms with Crippen LogP contribution in [-0.4, -0.2) is 11.1 Å². The second kappa shape index (κ2) is 3.87. The zero-order valence-corrected chi connectivity index (χ0v) is 9.80. The fourth-order valence-electron chi connectivity index (χ4n) is 2.13. The Hall–Kier alpha value is -0.990. The lowest BCUT2D eigenvalue weighted by Gasteiger charge is -2.04. The van der Waals surface area contributed by atoms with Crippen LogP contribution in [0.3, 0.4) is 0 Å². The fraction of sp³-hybridized carbons (Fsp3) is 0.333. The Morgan fingerprint density at radius 2 is 2.13 bits per heavy atom. The summed E-state index contributed by atoms with van der Waals surface area (Å²) in [6.07, 6.45) is 0.823. The van der Waals surface area contributed by atoms with E-state index >= 15 is 0 Å². The van der Waals surface area contributed by atoms with Gasteiger partial charge in [0.25, 0.3) is 0 Å². The number of aromatic nitrogens is 1. The Balaban J connectivity index is 2.79. The van der Waals surface area contributed by atoms with Crippen molar-refractivity contribution in [3.63, 3.8) is 0 Å². The summed E-state index contributed by atoms with van der Waals surface area (Å²) in [4.78, 5) is 0. The van der Waals surface area contributed by atoms with Crippen molar-refractivity contribution in [3.8, 4) is 0 Å². The van der Waals surface area contributed by atoms with Crippen LogP contribution in [0.1, 0.15) is 11.3 Å². The van der Waals surface area contributed by atoms with Crippen LogP contribution >= 0.6 is 11.6 Å². The molecule has 2 nitrogen and oxygen atoms in total. The van der Waals surface area contributed by atoms with Crippen molar-refractivity contribution in [1.82, 2.24) is 4.57 Å². The molecule has 0 aliphatic carbocycles. The van der Waals surface area contributed by atoms with Gasteiger partial charge in [-0.25, -0.2) is 0 Å². The lowest BCUT2D eigenvalue weighted by atomic mass is 10.1. The molecule has 0 aliphatic rings. The predicted molar refractivity (Wildman–Crippen MR) is 65.4 cm³/mol. The van der Waals surface area contributed by atoms with Gasteiger partial charge in [0.1, 0.15) is 0 Å². The predicted octanol–water partition coefficient (Wildman–Crippen LogP) is 2.64. The highest BCUT2D eigenvalue weighted by molar-refractivity contribution is 6.36. The van der Waals surface area contributed by atoms with Crippen LogP contribution in [0.5, 0.6) is 0 Å². The van der Waals surface area contributed by atoms with Gasteiger partial charge in [-0.05, 0) is 19.0 Å². The van der Waals surface area contributed by atoms with Crippen LogP contribution in [0, 0.1) is 6.92 Å². The molecule has 2 aromatic rings. The van der Waals surface area contributed by atoms with E-state index in [1.807, 2.05) is 13.1 Å². The number of hydrogen-bond acceptors (Lipinski definition) is 1. The number of fused-ring (bicyclic) bond motifs is 1. The van der Waals surface area contributed by atoms with E-state index in [1.54, 1.807) is 0 Å². The molecule has 1 aromatic carbocycles. The standard InChI is InChI=1S/C12H15ClN2/c1-8-4-3-5-9-11(13)10(6-7-14)15(2)12(8)9/h3-5H,6-7,14H2,1-2H3.